The smallest absolute Gasteiger partial charge is 0.357 e. The predicted molar refractivity (Wildman–Crippen MR) is 62.8 cm³/mol. The van der Waals surface area contributed by atoms with Crippen molar-refractivity contribution in [3.63, 3.8) is 0 Å². The van der Waals surface area contributed by atoms with E-state index in [1.165, 1.54) is 22.9 Å². The molecule has 1 heterocycles. The van der Waals surface area contributed by atoms with Crippen molar-refractivity contribution in [2.75, 3.05) is 5.32 Å². The van der Waals surface area contributed by atoms with Gasteiger partial charge in [-0.15, -0.1) is 11.3 Å². The Bertz CT molecular complexity index is 542. The summed E-state index contributed by atoms with van der Waals surface area (Å²) in [5, 5.41) is 12.1. The quantitative estimate of drug-likeness (QED) is 0.878. The van der Waals surface area contributed by atoms with Gasteiger partial charge in [0.2, 0.25) is 0 Å². The number of carboxylic acid groups (broad SMARTS) is 1. The highest BCUT2D eigenvalue weighted by molar-refractivity contribution is 7.14. The lowest BCUT2D eigenvalue weighted by molar-refractivity contribution is 0.0692. The minimum Gasteiger partial charge on any atom is -0.476 e. The van der Waals surface area contributed by atoms with Crippen molar-refractivity contribution in [1.82, 2.24) is 4.98 Å². The molecule has 6 heteroatoms. The highest BCUT2D eigenvalue weighted by Gasteiger charge is 2.13. The number of benzene rings is 1. The van der Waals surface area contributed by atoms with Crippen molar-refractivity contribution in [2.45, 2.75) is 6.54 Å². The van der Waals surface area contributed by atoms with E-state index in [1.54, 1.807) is 18.2 Å². The summed E-state index contributed by atoms with van der Waals surface area (Å²) in [6, 6.07) is 6.34. The second-order valence-electron chi connectivity index (χ2n) is 3.28. The van der Waals surface area contributed by atoms with Crippen LogP contribution in [0, 0.1) is 5.82 Å². The Labute approximate surface area is 101 Å². The van der Waals surface area contributed by atoms with Crippen LogP contribution in [0.15, 0.2) is 29.8 Å². The van der Waals surface area contributed by atoms with E-state index in [9.17, 15) is 9.18 Å². The average molecular weight is 252 g/mol. The third-order valence-corrected chi connectivity index (χ3v) is 2.95. The first-order valence-corrected chi connectivity index (χ1v) is 5.70. The Morgan fingerprint density at radius 3 is 2.94 bits per heavy atom. The molecule has 0 saturated carbocycles. The van der Waals surface area contributed by atoms with E-state index in [0.29, 0.717) is 10.6 Å². The maximum Gasteiger partial charge on any atom is 0.357 e. The predicted octanol–water partition coefficient (Wildman–Crippen LogP) is 2.59. The first-order chi connectivity index (χ1) is 8.18. The largest absolute Gasteiger partial charge is 0.476 e. The number of anilines is 1. The maximum absolute atomic E-state index is 13.3. The van der Waals surface area contributed by atoms with Crippen molar-refractivity contribution in [1.29, 1.82) is 0 Å². The van der Waals surface area contributed by atoms with Gasteiger partial charge in [0.1, 0.15) is 10.8 Å². The van der Waals surface area contributed by atoms with E-state index < -0.39 is 5.97 Å². The van der Waals surface area contributed by atoms with Gasteiger partial charge in [-0.3, -0.25) is 0 Å². The normalized spacial score (nSPS) is 10.2. The van der Waals surface area contributed by atoms with Crippen LogP contribution in [0.3, 0.4) is 0 Å². The number of carbonyl (C=O) groups is 1. The molecule has 2 aromatic rings. The molecule has 0 amide bonds. The van der Waals surface area contributed by atoms with Gasteiger partial charge in [-0.2, -0.15) is 0 Å². The molecule has 0 spiro atoms. The summed E-state index contributed by atoms with van der Waals surface area (Å²) in [5.41, 5.74) is 1.89. The zero-order valence-corrected chi connectivity index (χ0v) is 9.50. The lowest BCUT2D eigenvalue weighted by Crippen LogP contribution is -2.05. The number of halogens is 1. The fraction of sp³-hybridized carbons (Fsp3) is 0.0909. The van der Waals surface area contributed by atoms with E-state index >= 15 is 0 Å². The van der Waals surface area contributed by atoms with Crippen LogP contribution in [0.5, 0.6) is 0 Å². The lowest BCUT2D eigenvalue weighted by Gasteiger charge is -2.05. The minimum absolute atomic E-state index is 0.0358. The number of thiazole rings is 1. The van der Waals surface area contributed by atoms with Gasteiger partial charge in [0.25, 0.3) is 0 Å². The van der Waals surface area contributed by atoms with Crippen molar-refractivity contribution < 1.29 is 14.3 Å². The van der Waals surface area contributed by atoms with Crippen LogP contribution in [-0.4, -0.2) is 16.1 Å². The Hall–Kier alpha value is -1.95. The van der Waals surface area contributed by atoms with Crippen LogP contribution in [-0.2, 0) is 6.54 Å². The first kappa shape index (κ1) is 11.5. The van der Waals surface area contributed by atoms with E-state index in [2.05, 4.69) is 10.3 Å². The third-order valence-electron chi connectivity index (χ3n) is 2.17. The van der Waals surface area contributed by atoms with E-state index in [0.717, 1.165) is 0 Å². The molecule has 1 aromatic carbocycles. The fourth-order valence-corrected chi connectivity index (χ4v) is 2.01. The number of rotatable bonds is 4. The van der Waals surface area contributed by atoms with Gasteiger partial charge in [-0.25, -0.2) is 14.2 Å². The molecule has 88 valence electrons. The van der Waals surface area contributed by atoms with Crippen molar-refractivity contribution in [2.24, 2.45) is 0 Å². The van der Waals surface area contributed by atoms with Gasteiger partial charge in [-0.1, -0.05) is 18.2 Å². The Morgan fingerprint density at radius 1 is 1.47 bits per heavy atom. The summed E-state index contributed by atoms with van der Waals surface area (Å²) in [6.45, 7) is 0.231. The van der Waals surface area contributed by atoms with Crippen molar-refractivity contribution >= 4 is 22.3 Å². The second kappa shape index (κ2) is 4.92. The summed E-state index contributed by atoms with van der Waals surface area (Å²) in [5.74, 6) is -1.41. The summed E-state index contributed by atoms with van der Waals surface area (Å²) in [6.07, 6.45) is 0. The van der Waals surface area contributed by atoms with E-state index in [1.807, 2.05) is 0 Å². The van der Waals surface area contributed by atoms with Gasteiger partial charge in [0.05, 0.1) is 5.51 Å². The van der Waals surface area contributed by atoms with E-state index in [4.69, 9.17) is 5.11 Å². The molecule has 0 aliphatic carbocycles. The molecule has 17 heavy (non-hydrogen) atoms. The summed E-state index contributed by atoms with van der Waals surface area (Å²) < 4.78 is 13.3. The molecule has 2 rings (SSSR count). The summed E-state index contributed by atoms with van der Waals surface area (Å²) in [7, 11) is 0. The zero-order valence-electron chi connectivity index (χ0n) is 8.68. The maximum atomic E-state index is 13.3. The zero-order chi connectivity index (χ0) is 12.3. The molecule has 2 N–H and O–H groups in total. The molecule has 0 atom stereocenters. The average Bonchev–Trinajstić information content (AvgIpc) is 2.76. The van der Waals surface area contributed by atoms with Crippen LogP contribution in [0.4, 0.5) is 9.39 Å². The molecule has 0 bridgehead atoms. The standard InChI is InChI=1S/C11H9FN2O2S/c12-8-4-2-1-3-7(8)5-13-10-9(11(15)16)14-6-17-10/h1-4,6,13H,5H2,(H,15,16). The van der Waals surface area contributed by atoms with Gasteiger partial charge in [-0.05, 0) is 6.07 Å². The molecule has 0 unspecified atom stereocenters. The highest BCUT2D eigenvalue weighted by atomic mass is 32.1. The third kappa shape index (κ3) is 2.59. The number of hydrogen-bond donors (Lipinski definition) is 2. The topological polar surface area (TPSA) is 62.2 Å². The number of carboxylic acids is 1. The lowest BCUT2D eigenvalue weighted by atomic mass is 10.2. The summed E-state index contributed by atoms with van der Waals surface area (Å²) in [4.78, 5) is 14.5. The van der Waals surface area contributed by atoms with Crippen LogP contribution in [0.1, 0.15) is 16.1 Å². The molecule has 4 nitrogen and oxygen atoms in total. The summed E-state index contributed by atoms with van der Waals surface area (Å²) >= 11 is 1.18. The van der Waals surface area contributed by atoms with Gasteiger partial charge in [0.15, 0.2) is 5.69 Å². The van der Waals surface area contributed by atoms with Crippen LogP contribution in [0.2, 0.25) is 0 Å². The Morgan fingerprint density at radius 2 is 2.24 bits per heavy atom. The Kier molecular flexibility index (Phi) is 3.34. The monoisotopic (exact) mass is 252 g/mol. The van der Waals surface area contributed by atoms with Crippen LogP contribution < -0.4 is 5.32 Å². The molecular formula is C11H9FN2O2S. The number of aromatic carboxylic acids is 1. The van der Waals surface area contributed by atoms with Crippen LogP contribution in [0.25, 0.3) is 0 Å². The molecule has 0 aliphatic heterocycles. The highest BCUT2D eigenvalue weighted by Crippen LogP contribution is 2.21. The fourth-order valence-electron chi connectivity index (χ4n) is 1.34. The number of aromatic nitrogens is 1. The van der Waals surface area contributed by atoms with E-state index in [-0.39, 0.29) is 18.1 Å². The molecular weight excluding hydrogens is 243 g/mol. The van der Waals surface area contributed by atoms with Gasteiger partial charge >= 0.3 is 5.97 Å². The number of hydrogen-bond acceptors (Lipinski definition) is 4. The molecule has 0 saturated heterocycles. The number of nitrogens with zero attached hydrogens (tertiary/aromatic N) is 1. The van der Waals surface area contributed by atoms with Crippen LogP contribution >= 0.6 is 11.3 Å². The first-order valence-electron chi connectivity index (χ1n) is 4.82. The van der Waals surface area contributed by atoms with Crippen molar-refractivity contribution in [3.8, 4) is 0 Å². The molecule has 0 radical (unpaired) electrons. The van der Waals surface area contributed by atoms with Gasteiger partial charge in [0, 0.05) is 12.1 Å². The molecule has 0 fully saturated rings. The second-order valence-corrected chi connectivity index (χ2v) is 4.13. The SMILES string of the molecule is O=C(O)c1ncsc1NCc1ccccc1F. The van der Waals surface area contributed by atoms with Crippen molar-refractivity contribution in [3.05, 3.63) is 46.9 Å². The Balaban J connectivity index is 2.10. The van der Waals surface area contributed by atoms with Gasteiger partial charge < -0.3 is 10.4 Å². The minimum atomic E-state index is -1.10. The molecule has 0 aliphatic rings. The molecule has 1 aromatic heterocycles. The number of nitrogens with one attached hydrogen (secondary N) is 1.